The van der Waals surface area contributed by atoms with Crippen molar-refractivity contribution >= 4 is 29.2 Å². The molecular weight excluding hydrogens is 256 g/mol. The highest BCUT2D eigenvalue weighted by atomic mass is 35.5. The molecule has 0 heterocycles. The molecule has 0 aliphatic carbocycles. The number of carboxylic acids is 1. The maximum atomic E-state index is 11.3. The van der Waals surface area contributed by atoms with Crippen LogP contribution in [0.2, 0.25) is 5.02 Å². The quantitative estimate of drug-likeness (QED) is 0.762. The third kappa shape index (κ3) is 3.37. The first-order valence-electron chi connectivity index (χ1n) is 5.41. The fourth-order valence-corrected chi connectivity index (χ4v) is 1.70. The van der Waals surface area contributed by atoms with E-state index in [1.165, 1.54) is 6.07 Å². The minimum Gasteiger partial charge on any atom is -0.480 e. The van der Waals surface area contributed by atoms with Gasteiger partial charge in [-0.05, 0) is 24.1 Å². The first-order valence-corrected chi connectivity index (χ1v) is 5.79. The maximum absolute atomic E-state index is 11.3. The number of anilines is 1. The van der Waals surface area contributed by atoms with Crippen LogP contribution < -0.4 is 11.1 Å². The Kier molecular flexibility index (Phi) is 4.55. The van der Waals surface area contributed by atoms with E-state index >= 15 is 0 Å². The number of carbonyl (C=O) groups is 2. The van der Waals surface area contributed by atoms with Gasteiger partial charge in [-0.25, -0.2) is 4.79 Å². The predicted octanol–water partition coefficient (Wildman–Crippen LogP) is 1.96. The summed E-state index contributed by atoms with van der Waals surface area (Å²) in [4.78, 5) is 22.4. The largest absolute Gasteiger partial charge is 0.480 e. The SMILES string of the molecule is CC(C)C(Nc1ccc(Cl)cc1C(N)=O)C(=O)O. The van der Waals surface area contributed by atoms with Crippen molar-refractivity contribution in [1.82, 2.24) is 0 Å². The Morgan fingerprint density at radius 1 is 1.39 bits per heavy atom. The van der Waals surface area contributed by atoms with Gasteiger partial charge >= 0.3 is 5.97 Å². The molecule has 0 bridgehead atoms. The highest BCUT2D eigenvalue weighted by molar-refractivity contribution is 6.31. The van der Waals surface area contributed by atoms with Gasteiger partial charge in [0, 0.05) is 10.7 Å². The van der Waals surface area contributed by atoms with E-state index in [-0.39, 0.29) is 11.5 Å². The Labute approximate surface area is 110 Å². The lowest BCUT2D eigenvalue weighted by molar-refractivity contribution is -0.138. The number of primary amides is 1. The van der Waals surface area contributed by atoms with Crippen LogP contribution in [-0.2, 0) is 4.79 Å². The molecule has 1 amide bonds. The van der Waals surface area contributed by atoms with Gasteiger partial charge in [-0.1, -0.05) is 25.4 Å². The van der Waals surface area contributed by atoms with Crippen LogP contribution in [0.5, 0.6) is 0 Å². The molecule has 4 N–H and O–H groups in total. The van der Waals surface area contributed by atoms with Crippen molar-refractivity contribution in [3.05, 3.63) is 28.8 Å². The second-order valence-electron chi connectivity index (χ2n) is 4.26. The predicted molar refractivity (Wildman–Crippen MR) is 69.9 cm³/mol. The highest BCUT2D eigenvalue weighted by Gasteiger charge is 2.22. The first-order chi connectivity index (χ1) is 8.32. The summed E-state index contributed by atoms with van der Waals surface area (Å²) in [6, 6.07) is 3.71. The van der Waals surface area contributed by atoms with Crippen molar-refractivity contribution in [1.29, 1.82) is 0 Å². The molecule has 0 fully saturated rings. The number of aliphatic carboxylic acids is 1. The molecule has 1 atom stereocenters. The summed E-state index contributed by atoms with van der Waals surface area (Å²) in [6.07, 6.45) is 0. The van der Waals surface area contributed by atoms with Gasteiger partial charge in [0.25, 0.3) is 5.91 Å². The summed E-state index contributed by atoms with van der Waals surface area (Å²) in [5, 5.41) is 12.2. The van der Waals surface area contributed by atoms with Crippen LogP contribution in [0.25, 0.3) is 0 Å². The average molecular weight is 271 g/mol. The van der Waals surface area contributed by atoms with E-state index < -0.39 is 17.9 Å². The summed E-state index contributed by atoms with van der Waals surface area (Å²) in [6.45, 7) is 3.54. The van der Waals surface area contributed by atoms with Crippen molar-refractivity contribution in [2.45, 2.75) is 19.9 Å². The van der Waals surface area contributed by atoms with E-state index in [1.54, 1.807) is 26.0 Å². The number of carboxylic acid groups (broad SMARTS) is 1. The Bertz CT molecular complexity index is 474. The molecule has 1 unspecified atom stereocenters. The van der Waals surface area contributed by atoms with E-state index in [9.17, 15) is 9.59 Å². The molecule has 0 spiro atoms. The normalized spacial score (nSPS) is 12.2. The zero-order valence-corrected chi connectivity index (χ0v) is 10.9. The number of hydrogen-bond donors (Lipinski definition) is 3. The van der Waals surface area contributed by atoms with Crippen molar-refractivity contribution < 1.29 is 14.7 Å². The van der Waals surface area contributed by atoms with E-state index in [0.29, 0.717) is 10.7 Å². The van der Waals surface area contributed by atoms with E-state index in [2.05, 4.69) is 5.32 Å². The van der Waals surface area contributed by atoms with Gasteiger partial charge in [-0.15, -0.1) is 0 Å². The summed E-state index contributed by atoms with van der Waals surface area (Å²) >= 11 is 5.77. The average Bonchev–Trinajstić information content (AvgIpc) is 2.25. The molecule has 5 nitrogen and oxygen atoms in total. The smallest absolute Gasteiger partial charge is 0.326 e. The number of carbonyl (C=O) groups excluding carboxylic acids is 1. The van der Waals surface area contributed by atoms with Crippen LogP contribution in [0.1, 0.15) is 24.2 Å². The van der Waals surface area contributed by atoms with Crippen molar-refractivity contribution in [3.63, 3.8) is 0 Å². The summed E-state index contributed by atoms with van der Waals surface area (Å²) in [5.41, 5.74) is 5.77. The van der Waals surface area contributed by atoms with Crippen LogP contribution in [0.3, 0.4) is 0 Å². The maximum Gasteiger partial charge on any atom is 0.326 e. The van der Waals surface area contributed by atoms with Gasteiger partial charge in [-0.3, -0.25) is 4.79 Å². The molecule has 0 aliphatic heterocycles. The van der Waals surface area contributed by atoms with Crippen LogP contribution in [0.15, 0.2) is 18.2 Å². The van der Waals surface area contributed by atoms with Crippen LogP contribution >= 0.6 is 11.6 Å². The summed E-state index contributed by atoms with van der Waals surface area (Å²) in [7, 11) is 0. The molecule has 6 heteroatoms. The Morgan fingerprint density at radius 3 is 2.44 bits per heavy atom. The van der Waals surface area contributed by atoms with Crippen molar-refractivity contribution in [2.24, 2.45) is 11.7 Å². The second-order valence-corrected chi connectivity index (χ2v) is 4.69. The highest BCUT2D eigenvalue weighted by Crippen LogP contribution is 2.22. The summed E-state index contributed by atoms with van der Waals surface area (Å²) < 4.78 is 0. The minimum absolute atomic E-state index is 0.140. The van der Waals surface area contributed by atoms with E-state index in [0.717, 1.165) is 0 Å². The number of halogens is 1. The number of amides is 1. The molecule has 1 aromatic carbocycles. The number of hydrogen-bond acceptors (Lipinski definition) is 3. The monoisotopic (exact) mass is 270 g/mol. The second kappa shape index (κ2) is 5.73. The zero-order chi connectivity index (χ0) is 13.9. The molecule has 0 radical (unpaired) electrons. The Morgan fingerprint density at radius 2 is 2.00 bits per heavy atom. The molecule has 0 saturated heterocycles. The zero-order valence-electron chi connectivity index (χ0n) is 10.1. The number of rotatable bonds is 5. The number of nitrogens with two attached hydrogens (primary N) is 1. The van der Waals surface area contributed by atoms with Gasteiger partial charge in [0.15, 0.2) is 0 Å². The lowest BCUT2D eigenvalue weighted by Crippen LogP contribution is -2.35. The molecule has 0 saturated carbocycles. The summed E-state index contributed by atoms with van der Waals surface area (Å²) in [5.74, 6) is -1.79. The molecule has 0 aliphatic rings. The minimum atomic E-state index is -0.990. The fourth-order valence-electron chi connectivity index (χ4n) is 1.53. The van der Waals surface area contributed by atoms with Crippen LogP contribution in [-0.4, -0.2) is 23.0 Å². The number of benzene rings is 1. The molecule has 1 aromatic rings. The fraction of sp³-hybridized carbons (Fsp3) is 0.333. The molecular formula is C12H15ClN2O3. The van der Waals surface area contributed by atoms with E-state index in [1.807, 2.05) is 0 Å². The molecule has 0 aromatic heterocycles. The van der Waals surface area contributed by atoms with Gasteiger partial charge < -0.3 is 16.2 Å². The van der Waals surface area contributed by atoms with Crippen LogP contribution in [0, 0.1) is 5.92 Å². The van der Waals surface area contributed by atoms with Gasteiger partial charge in [-0.2, -0.15) is 0 Å². The van der Waals surface area contributed by atoms with Gasteiger partial charge in [0.2, 0.25) is 0 Å². The van der Waals surface area contributed by atoms with E-state index in [4.69, 9.17) is 22.4 Å². The Balaban J connectivity index is 3.10. The number of nitrogens with one attached hydrogen (secondary N) is 1. The van der Waals surface area contributed by atoms with Crippen molar-refractivity contribution in [3.8, 4) is 0 Å². The van der Waals surface area contributed by atoms with Gasteiger partial charge in [0.1, 0.15) is 6.04 Å². The lowest BCUT2D eigenvalue weighted by atomic mass is 10.0. The molecule has 98 valence electrons. The lowest BCUT2D eigenvalue weighted by Gasteiger charge is -2.20. The third-order valence-electron chi connectivity index (χ3n) is 2.49. The standard InChI is InChI=1S/C12H15ClN2O3/c1-6(2)10(12(17)18)15-9-4-3-7(13)5-8(9)11(14)16/h3-6,10,15H,1-2H3,(H2,14,16)(H,17,18). The van der Waals surface area contributed by atoms with Crippen LogP contribution in [0.4, 0.5) is 5.69 Å². The molecule has 18 heavy (non-hydrogen) atoms. The van der Waals surface area contributed by atoms with Gasteiger partial charge in [0.05, 0.1) is 5.56 Å². The van der Waals surface area contributed by atoms with Crippen molar-refractivity contribution in [2.75, 3.05) is 5.32 Å². The molecule has 1 rings (SSSR count). The first kappa shape index (κ1) is 14.3. The topological polar surface area (TPSA) is 92.4 Å². The third-order valence-corrected chi connectivity index (χ3v) is 2.73. The Hall–Kier alpha value is -1.75.